The zero-order valence-corrected chi connectivity index (χ0v) is 9.39. The summed E-state index contributed by atoms with van der Waals surface area (Å²) in [5, 5.41) is 4.19. The molecule has 1 aromatic heterocycles. The molecule has 0 spiro atoms. The average Bonchev–Trinajstić information content (AvgIpc) is 2.97. The summed E-state index contributed by atoms with van der Waals surface area (Å²) in [7, 11) is 0. The first-order chi connectivity index (χ1) is 7.29. The molecule has 0 bridgehead atoms. The Labute approximate surface area is 91.1 Å². The predicted molar refractivity (Wildman–Crippen MR) is 61.5 cm³/mol. The Balaban J connectivity index is 1.79. The molecule has 4 heteroatoms. The number of rotatable bonds is 6. The Bertz CT molecular complexity index is 303. The standard InChI is InChI=1S/C11H20N4/c1-2-5-14(11-3-4-11)6-7-15-9-10(12)8-13-15/h8-9,11H,2-7,12H2,1H3. The van der Waals surface area contributed by atoms with Crippen LogP contribution in [0.25, 0.3) is 0 Å². The van der Waals surface area contributed by atoms with Crippen LogP contribution in [0.4, 0.5) is 5.69 Å². The van der Waals surface area contributed by atoms with Gasteiger partial charge in [0.25, 0.3) is 0 Å². The molecule has 0 aromatic carbocycles. The highest BCUT2D eigenvalue weighted by Crippen LogP contribution is 2.26. The summed E-state index contributed by atoms with van der Waals surface area (Å²) in [4.78, 5) is 2.57. The van der Waals surface area contributed by atoms with Gasteiger partial charge < -0.3 is 5.73 Å². The number of hydrogen-bond donors (Lipinski definition) is 1. The van der Waals surface area contributed by atoms with E-state index in [2.05, 4.69) is 16.9 Å². The van der Waals surface area contributed by atoms with E-state index < -0.39 is 0 Å². The average molecular weight is 208 g/mol. The van der Waals surface area contributed by atoms with Crippen molar-refractivity contribution in [2.24, 2.45) is 0 Å². The van der Waals surface area contributed by atoms with Crippen LogP contribution in [0.15, 0.2) is 12.4 Å². The summed E-state index contributed by atoms with van der Waals surface area (Å²) in [5.74, 6) is 0. The largest absolute Gasteiger partial charge is 0.396 e. The van der Waals surface area contributed by atoms with Crippen molar-refractivity contribution in [1.82, 2.24) is 14.7 Å². The van der Waals surface area contributed by atoms with Gasteiger partial charge in [-0.25, -0.2) is 0 Å². The SMILES string of the molecule is CCCN(CCn1cc(N)cn1)C1CC1. The molecule has 1 aromatic rings. The van der Waals surface area contributed by atoms with Gasteiger partial charge in [-0.15, -0.1) is 0 Å². The molecule has 1 aliphatic carbocycles. The lowest BCUT2D eigenvalue weighted by atomic mass is 10.4. The van der Waals surface area contributed by atoms with Crippen LogP contribution >= 0.6 is 0 Å². The first-order valence-corrected chi connectivity index (χ1v) is 5.81. The topological polar surface area (TPSA) is 47.1 Å². The van der Waals surface area contributed by atoms with Crippen LogP contribution in [-0.2, 0) is 6.54 Å². The number of anilines is 1. The lowest BCUT2D eigenvalue weighted by Crippen LogP contribution is -2.30. The number of aromatic nitrogens is 2. The molecular formula is C11H20N4. The van der Waals surface area contributed by atoms with Crippen molar-refractivity contribution in [3.05, 3.63) is 12.4 Å². The molecule has 2 N–H and O–H groups in total. The molecule has 4 nitrogen and oxygen atoms in total. The van der Waals surface area contributed by atoms with Crippen LogP contribution in [0.5, 0.6) is 0 Å². The Hall–Kier alpha value is -1.03. The summed E-state index contributed by atoms with van der Waals surface area (Å²) in [6.07, 6.45) is 7.60. The number of nitrogen functional groups attached to an aromatic ring is 1. The Kier molecular flexibility index (Phi) is 3.26. The minimum atomic E-state index is 0.753. The number of nitrogens with two attached hydrogens (primary N) is 1. The quantitative estimate of drug-likeness (QED) is 0.767. The van der Waals surface area contributed by atoms with E-state index in [-0.39, 0.29) is 0 Å². The summed E-state index contributed by atoms with van der Waals surface area (Å²) >= 11 is 0. The summed E-state index contributed by atoms with van der Waals surface area (Å²) in [5.41, 5.74) is 6.37. The van der Waals surface area contributed by atoms with Crippen molar-refractivity contribution in [3.63, 3.8) is 0 Å². The van der Waals surface area contributed by atoms with Crippen LogP contribution in [-0.4, -0.2) is 33.8 Å². The smallest absolute Gasteiger partial charge is 0.0719 e. The molecule has 84 valence electrons. The minimum Gasteiger partial charge on any atom is -0.396 e. The third-order valence-electron chi connectivity index (χ3n) is 2.84. The second-order valence-corrected chi connectivity index (χ2v) is 4.30. The zero-order valence-electron chi connectivity index (χ0n) is 9.39. The zero-order chi connectivity index (χ0) is 10.7. The van der Waals surface area contributed by atoms with Gasteiger partial charge in [0.15, 0.2) is 0 Å². The van der Waals surface area contributed by atoms with Crippen molar-refractivity contribution in [3.8, 4) is 0 Å². The van der Waals surface area contributed by atoms with E-state index in [1.807, 2.05) is 10.9 Å². The molecule has 1 aliphatic rings. The van der Waals surface area contributed by atoms with Gasteiger partial charge in [-0.05, 0) is 25.8 Å². The lowest BCUT2D eigenvalue weighted by Gasteiger charge is -2.20. The number of hydrogen-bond acceptors (Lipinski definition) is 3. The third-order valence-corrected chi connectivity index (χ3v) is 2.84. The molecule has 0 aliphatic heterocycles. The summed E-state index contributed by atoms with van der Waals surface area (Å²) < 4.78 is 1.93. The van der Waals surface area contributed by atoms with Gasteiger partial charge in [-0.2, -0.15) is 5.10 Å². The summed E-state index contributed by atoms with van der Waals surface area (Å²) in [6, 6.07) is 0.845. The first kappa shape index (κ1) is 10.5. The minimum absolute atomic E-state index is 0.753. The molecule has 0 amide bonds. The molecule has 1 saturated carbocycles. The molecule has 15 heavy (non-hydrogen) atoms. The second-order valence-electron chi connectivity index (χ2n) is 4.30. The van der Waals surface area contributed by atoms with Crippen molar-refractivity contribution in [1.29, 1.82) is 0 Å². The third kappa shape index (κ3) is 2.96. The first-order valence-electron chi connectivity index (χ1n) is 5.81. The highest BCUT2D eigenvalue weighted by atomic mass is 15.3. The van der Waals surface area contributed by atoms with E-state index in [1.54, 1.807) is 6.20 Å². The monoisotopic (exact) mass is 208 g/mol. The van der Waals surface area contributed by atoms with E-state index in [4.69, 9.17) is 5.73 Å². The molecule has 0 saturated heterocycles. The van der Waals surface area contributed by atoms with Gasteiger partial charge in [-0.1, -0.05) is 6.92 Å². The van der Waals surface area contributed by atoms with Crippen molar-refractivity contribution in [2.45, 2.75) is 38.8 Å². The molecule has 2 rings (SSSR count). The van der Waals surface area contributed by atoms with E-state index in [9.17, 15) is 0 Å². The number of nitrogens with zero attached hydrogens (tertiary/aromatic N) is 3. The maximum absolute atomic E-state index is 5.62. The van der Waals surface area contributed by atoms with Gasteiger partial charge >= 0.3 is 0 Å². The van der Waals surface area contributed by atoms with E-state index >= 15 is 0 Å². The molecular weight excluding hydrogens is 188 g/mol. The molecule has 1 fully saturated rings. The lowest BCUT2D eigenvalue weighted by molar-refractivity contribution is 0.249. The normalized spacial score (nSPS) is 16.1. The van der Waals surface area contributed by atoms with Gasteiger partial charge in [0, 0.05) is 18.8 Å². The van der Waals surface area contributed by atoms with Gasteiger partial charge in [0.05, 0.1) is 18.4 Å². The van der Waals surface area contributed by atoms with Gasteiger partial charge in [-0.3, -0.25) is 9.58 Å². The van der Waals surface area contributed by atoms with Crippen molar-refractivity contribution < 1.29 is 0 Å². The van der Waals surface area contributed by atoms with Crippen LogP contribution in [0.1, 0.15) is 26.2 Å². The fraction of sp³-hybridized carbons (Fsp3) is 0.727. The van der Waals surface area contributed by atoms with E-state index in [0.717, 1.165) is 24.8 Å². The highest BCUT2D eigenvalue weighted by Gasteiger charge is 2.27. The van der Waals surface area contributed by atoms with Crippen molar-refractivity contribution in [2.75, 3.05) is 18.8 Å². The predicted octanol–water partition coefficient (Wildman–Crippen LogP) is 1.34. The maximum atomic E-state index is 5.62. The van der Waals surface area contributed by atoms with Crippen LogP contribution in [0, 0.1) is 0 Å². The van der Waals surface area contributed by atoms with Crippen LogP contribution < -0.4 is 5.73 Å². The molecule has 0 radical (unpaired) electrons. The van der Waals surface area contributed by atoms with E-state index in [0.29, 0.717) is 0 Å². The Morgan fingerprint density at radius 3 is 2.87 bits per heavy atom. The summed E-state index contributed by atoms with van der Waals surface area (Å²) in [6.45, 7) is 5.50. The molecule has 0 unspecified atom stereocenters. The maximum Gasteiger partial charge on any atom is 0.0719 e. The Morgan fingerprint density at radius 2 is 2.33 bits per heavy atom. The van der Waals surface area contributed by atoms with Gasteiger partial charge in [0.1, 0.15) is 0 Å². The molecule has 0 atom stereocenters. The highest BCUT2D eigenvalue weighted by molar-refractivity contribution is 5.30. The van der Waals surface area contributed by atoms with Crippen LogP contribution in [0.2, 0.25) is 0 Å². The fourth-order valence-corrected chi connectivity index (χ4v) is 1.94. The van der Waals surface area contributed by atoms with Gasteiger partial charge in [0.2, 0.25) is 0 Å². The second kappa shape index (κ2) is 4.66. The van der Waals surface area contributed by atoms with Crippen LogP contribution in [0.3, 0.4) is 0 Å². The Morgan fingerprint density at radius 1 is 1.53 bits per heavy atom. The molecule has 1 heterocycles. The van der Waals surface area contributed by atoms with E-state index in [1.165, 1.54) is 25.8 Å². The fourth-order valence-electron chi connectivity index (χ4n) is 1.94. The van der Waals surface area contributed by atoms with Crippen molar-refractivity contribution >= 4 is 5.69 Å².